The van der Waals surface area contributed by atoms with Crippen molar-refractivity contribution in [1.82, 2.24) is 0 Å². The van der Waals surface area contributed by atoms with Gasteiger partial charge in [-0.2, -0.15) is 13.2 Å². The third kappa shape index (κ3) is 8.46. The molecule has 0 spiro atoms. The summed E-state index contributed by atoms with van der Waals surface area (Å²) in [6, 6.07) is 20.3. The molecule has 0 aromatic heterocycles. The second-order valence-electron chi connectivity index (χ2n) is 8.33. The lowest BCUT2D eigenvalue weighted by atomic mass is 10.1. The molecule has 1 amide bonds. The van der Waals surface area contributed by atoms with E-state index in [0.29, 0.717) is 18.7 Å². The fraction of sp³-hybridized carbons (Fsp3) is 0.296. The van der Waals surface area contributed by atoms with Gasteiger partial charge in [-0.25, -0.2) is 0 Å². The van der Waals surface area contributed by atoms with E-state index in [1.165, 1.54) is 17.7 Å². The van der Waals surface area contributed by atoms with Crippen LogP contribution in [-0.4, -0.2) is 5.91 Å². The number of aryl methyl sites for hydroxylation is 1. The average Bonchev–Trinajstić information content (AvgIpc) is 2.82. The quantitative estimate of drug-likeness (QED) is 0.209. The van der Waals surface area contributed by atoms with E-state index in [4.69, 9.17) is 5.73 Å². The van der Waals surface area contributed by atoms with Crippen LogP contribution in [0.1, 0.15) is 48.8 Å². The molecule has 0 radical (unpaired) electrons. The maximum absolute atomic E-state index is 12.6. The molecule has 180 valence electrons. The third-order valence-electron chi connectivity index (χ3n) is 5.55. The van der Waals surface area contributed by atoms with Gasteiger partial charge in [-0.15, -0.1) is 0 Å². The number of hydrogen-bond donors (Lipinski definition) is 3. The zero-order chi connectivity index (χ0) is 24.4. The normalized spacial score (nSPS) is 11.3. The third-order valence-corrected chi connectivity index (χ3v) is 5.55. The van der Waals surface area contributed by atoms with Crippen molar-refractivity contribution in [3.8, 4) is 0 Å². The lowest BCUT2D eigenvalue weighted by Crippen LogP contribution is -2.11. The Bertz CT molecular complexity index is 1030. The number of rotatable bonds is 11. The summed E-state index contributed by atoms with van der Waals surface area (Å²) in [4.78, 5) is 12.2. The minimum atomic E-state index is -4.33. The molecule has 0 fully saturated rings. The Hall–Kier alpha value is -3.48. The fourth-order valence-corrected chi connectivity index (χ4v) is 3.56. The van der Waals surface area contributed by atoms with Crippen LogP contribution in [0.15, 0.2) is 72.8 Å². The molecule has 0 aliphatic rings. The highest BCUT2D eigenvalue weighted by atomic mass is 19.4. The molecule has 34 heavy (non-hydrogen) atoms. The number of nitrogen functional groups attached to an aromatic ring is 1. The summed E-state index contributed by atoms with van der Waals surface area (Å²) in [5.74, 6) is -0.0102. The summed E-state index contributed by atoms with van der Waals surface area (Å²) >= 11 is 0. The van der Waals surface area contributed by atoms with Gasteiger partial charge in [0.2, 0.25) is 5.91 Å². The monoisotopic (exact) mass is 469 g/mol. The minimum Gasteiger partial charge on any atom is -0.399 e. The van der Waals surface area contributed by atoms with Crippen LogP contribution in [0.25, 0.3) is 0 Å². The molecular formula is C27H30F3N3O. The van der Waals surface area contributed by atoms with E-state index in [9.17, 15) is 18.0 Å². The lowest BCUT2D eigenvalue weighted by molar-refractivity contribution is -0.137. The number of alkyl halides is 3. The predicted molar refractivity (Wildman–Crippen MR) is 131 cm³/mol. The largest absolute Gasteiger partial charge is 0.416 e. The minimum absolute atomic E-state index is 0.0102. The number of anilines is 3. The summed E-state index contributed by atoms with van der Waals surface area (Å²) in [5, 5.41) is 6.07. The van der Waals surface area contributed by atoms with Crippen LogP contribution in [0.5, 0.6) is 0 Å². The Kier molecular flexibility index (Phi) is 8.96. The first-order chi connectivity index (χ1) is 16.3. The van der Waals surface area contributed by atoms with E-state index in [1.807, 2.05) is 24.3 Å². The van der Waals surface area contributed by atoms with Gasteiger partial charge in [0.25, 0.3) is 0 Å². The molecule has 0 saturated carbocycles. The highest BCUT2D eigenvalue weighted by Crippen LogP contribution is 2.29. The Morgan fingerprint density at radius 2 is 1.32 bits per heavy atom. The van der Waals surface area contributed by atoms with Gasteiger partial charge in [0, 0.05) is 30.0 Å². The van der Waals surface area contributed by atoms with E-state index in [2.05, 4.69) is 22.8 Å². The SMILES string of the molecule is Nc1ccc(CCCCCCC(=O)Nc2ccc(NCc3ccc(C(F)(F)F)cc3)cc2)cc1. The van der Waals surface area contributed by atoms with Gasteiger partial charge < -0.3 is 16.4 Å². The molecule has 0 aliphatic heterocycles. The van der Waals surface area contributed by atoms with Crippen LogP contribution >= 0.6 is 0 Å². The Morgan fingerprint density at radius 3 is 1.97 bits per heavy atom. The second-order valence-corrected chi connectivity index (χ2v) is 8.33. The van der Waals surface area contributed by atoms with Crippen molar-refractivity contribution in [2.75, 3.05) is 16.4 Å². The van der Waals surface area contributed by atoms with E-state index >= 15 is 0 Å². The van der Waals surface area contributed by atoms with Crippen molar-refractivity contribution < 1.29 is 18.0 Å². The fourth-order valence-electron chi connectivity index (χ4n) is 3.56. The van der Waals surface area contributed by atoms with E-state index in [0.717, 1.165) is 61.2 Å². The maximum Gasteiger partial charge on any atom is 0.416 e. The Morgan fingerprint density at radius 1 is 0.735 bits per heavy atom. The number of carbonyl (C=O) groups is 1. The van der Waals surface area contributed by atoms with Gasteiger partial charge in [-0.1, -0.05) is 37.1 Å². The van der Waals surface area contributed by atoms with Gasteiger partial charge in [-0.3, -0.25) is 4.79 Å². The number of carbonyl (C=O) groups excluding carboxylic acids is 1. The highest BCUT2D eigenvalue weighted by molar-refractivity contribution is 5.90. The molecule has 7 heteroatoms. The Labute approximate surface area is 198 Å². The first kappa shape index (κ1) is 25.1. The van der Waals surface area contributed by atoms with Crippen molar-refractivity contribution in [2.45, 2.75) is 51.2 Å². The summed E-state index contributed by atoms with van der Waals surface area (Å²) in [5.41, 5.74) is 9.38. The molecule has 4 nitrogen and oxygen atoms in total. The van der Waals surface area contributed by atoms with E-state index in [-0.39, 0.29) is 5.91 Å². The smallest absolute Gasteiger partial charge is 0.399 e. The average molecular weight is 470 g/mol. The molecule has 0 unspecified atom stereocenters. The number of nitrogens with one attached hydrogen (secondary N) is 2. The number of amides is 1. The zero-order valence-electron chi connectivity index (χ0n) is 19.0. The summed E-state index contributed by atoms with van der Waals surface area (Å²) in [6.07, 6.45) is 1.20. The van der Waals surface area contributed by atoms with Crippen molar-refractivity contribution in [2.24, 2.45) is 0 Å². The van der Waals surface area contributed by atoms with Crippen LogP contribution in [-0.2, 0) is 23.9 Å². The number of halogens is 3. The molecule has 3 aromatic carbocycles. The van der Waals surface area contributed by atoms with Crippen molar-refractivity contribution >= 4 is 23.0 Å². The topological polar surface area (TPSA) is 67.2 Å². The van der Waals surface area contributed by atoms with Gasteiger partial charge in [0.1, 0.15) is 0 Å². The zero-order valence-corrected chi connectivity index (χ0v) is 19.0. The first-order valence-corrected chi connectivity index (χ1v) is 11.4. The summed E-state index contributed by atoms with van der Waals surface area (Å²) in [7, 11) is 0. The molecule has 3 aromatic rings. The number of benzene rings is 3. The van der Waals surface area contributed by atoms with E-state index < -0.39 is 11.7 Å². The number of hydrogen-bond acceptors (Lipinski definition) is 3. The summed E-state index contributed by atoms with van der Waals surface area (Å²) in [6.45, 7) is 0.405. The number of nitrogens with two attached hydrogens (primary N) is 1. The van der Waals surface area contributed by atoms with Crippen molar-refractivity contribution in [3.63, 3.8) is 0 Å². The first-order valence-electron chi connectivity index (χ1n) is 11.4. The van der Waals surface area contributed by atoms with Crippen molar-refractivity contribution in [1.29, 1.82) is 0 Å². The number of unbranched alkanes of at least 4 members (excludes halogenated alkanes) is 3. The van der Waals surface area contributed by atoms with Crippen LogP contribution < -0.4 is 16.4 Å². The molecule has 0 bridgehead atoms. The summed E-state index contributed by atoms with van der Waals surface area (Å²) < 4.78 is 37.9. The molecular weight excluding hydrogens is 439 g/mol. The van der Waals surface area contributed by atoms with Gasteiger partial charge >= 0.3 is 6.18 Å². The standard InChI is InChI=1S/C27H30F3N3O/c28-27(29,30)22-11-7-21(8-12-22)19-32-24-15-17-25(18-16-24)33-26(34)6-4-2-1-3-5-20-9-13-23(31)14-10-20/h7-18,32H,1-6,19,31H2,(H,33,34). The van der Waals surface area contributed by atoms with E-state index in [1.54, 1.807) is 12.1 Å². The molecule has 0 heterocycles. The van der Waals surface area contributed by atoms with Crippen LogP contribution in [0.3, 0.4) is 0 Å². The van der Waals surface area contributed by atoms with Crippen molar-refractivity contribution in [3.05, 3.63) is 89.5 Å². The van der Waals surface area contributed by atoms with Gasteiger partial charge in [-0.05, 0) is 78.9 Å². The highest BCUT2D eigenvalue weighted by Gasteiger charge is 2.29. The van der Waals surface area contributed by atoms with Crippen LogP contribution in [0, 0.1) is 0 Å². The molecule has 3 rings (SSSR count). The molecule has 0 saturated heterocycles. The maximum atomic E-state index is 12.6. The van der Waals surface area contributed by atoms with Crippen LogP contribution in [0.2, 0.25) is 0 Å². The van der Waals surface area contributed by atoms with Crippen LogP contribution in [0.4, 0.5) is 30.2 Å². The van der Waals surface area contributed by atoms with Gasteiger partial charge in [0.05, 0.1) is 5.56 Å². The second kappa shape index (κ2) is 12.1. The molecule has 4 N–H and O–H groups in total. The predicted octanol–water partition coefficient (Wildman–Crippen LogP) is 7.03. The Balaban J connectivity index is 1.31. The molecule has 0 aliphatic carbocycles. The van der Waals surface area contributed by atoms with Gasteiger partial charge in [0.15, 0.2) is 0 Å². The lowest BCUT2D eigenvalue weighted by Gasteiger charge is -2.10. The molecule has 0 atom stereocenters.